The maximum Gasteiger partial charge on any atom is 0.159 e. The minimum atomic E-state index is 0.0417. The summed E-state index contributed by atoms with van der Waals surface area (Å²) in [5.41, 5.74) is 1.64. The fourth-order valence-electron chi connectivity index (χ4n) is 1.17. The van der Waals surface area contributed by atoms with Crippen molar-refractivity contribution in [2.75, 3.05) is 0 Å². The maximum atomic E-state index is 8.76. The highest BCUT2D eigenvalue weighted by molar-refractivity contribution is 5.75. The average molecular weight is 151 g/mol. The average Bonchev–Trinajstić information content (AvgIpc) is 2.43. The molecule has 0 unspecified atom stereocenters. The maximum absolute atomic E-state index is 8.76. The van der Waals surface area contributed by atoms with Crippen LogP contribution in [0, 0.1) is 0 Å². The van der Waals surface area contributed by atoms with E-state index >= 15 is 0 Å². The van der Waals surface area contributed by atoms with Gasteiger partial charge in [0.1, 0.15) is 0 Å². The zero-order valence-electron chi connectivity index (χ0n) is 6.20. The fourth-order valence-corrected chi connectivity index (χ4v) is 1.17. The molecule has 2 aromatic rings. The van der Waals surface area contributed by atoms with E-state index in [1.807, 2.05) is 19.3 Å². The first-order valence-corrected chi connectivity index (χ1v) is 3.41. The van der Waals surface area contributed by atoms with Crippen LogP contribution in [-0.2, 0) is 13.7 Å². The van der Waals surface area contributed by atoms with Gasteiger partial charge in [0, 0.05) is 24.3 Å². The third-order valence-electron chi connectivity index (χ3n) is 1.64. The number of H-pyrrole nitrogens is 1. The minimum Gasteiger partial charge on any atom is -0.390 e. The number of aliphatic hydroxyl groups excluding tert-OH is 1. The van der Waals surface area contributed by atoms with Crippen molar-refractivity contribution < 1.29 is 5.11 Å². The van der Waals surface area contributed by atoms with Gasteiger partial charge in [-0.15, -0.1) is 0 Å². The Labute approximate surface area is 63.5 Å². The number of hydrogen-bond donors (Lipinski definition) is 2. The third-order valence-corrected chi connectivity index (χ3v) is 1.64. The van der Waals surface area contributed by atoms with E-state index < -0.39 is 0 Å². The predicted molar refractivity (Wildman–Crippen MR) is 41.0 cm³/mol. The number of aromatic amines is 1. The quantitative estimate of drug-likeness (QED) is 0.619. The standard InChI is InChI=1S/C7H9N3O/c1-10-3-5-2-6(4-11)8-7(5)9-10/h2-3,11H,4H2,1H3,(H,8,9). The molecule has 0 bridgehead atoms. The molecule has 2 aromatic heterocycles. The van der Waals surface area contributed by atoms with E-state index in [-0.39, 0.29) is 6.61 Å². The molecule has 0 atom stereocenters. The van der Waals surface area contributed by atoms with Crippen LogP contribution in [0.4, 0.5) is 0 Å². The number of fused-ring (bicyclic) bond motifs is 1. The molecule has 2 rings (SSSR count). The lowest BCUT2D eigenvalue weighted by Crippen LogP contribution is -1.88. The number of nitrogens with one attached hydrogen (secondary N) is 1. The van der Waals surface area contributed by atoms with Gasteiger partial charge in [-0.1, -0.05) is 0 Å². The van der Waals surface area contributed by atoms with Gasteiger partial charge in [0.05, 0.1) is 6.61 Å². The van der Waals surface area contributed by atoms with Crippen molar-refractivity contribution in [2.24, 2.45) is 7.05 Å². The summed E-state index contributed by atoms with van der Waals surface area (Å²) in [5.74, 6) is 0. The molecular weight excluding hydrogens is 142 g/mol. The monoisotopic (exact) mass is 151 g/mol. The third kappa shape index (κ3) is 0.914. The van der Waals surface area contributed by atoms with Gasteiger partial charge in [0.2, 0.25) is 0 Å². The van der Waals surface area contributed by atoms with Crippen molar-refractivity contribution in [1.29, 1.82) is 0 Å². The highest BCUT2D eigenvalue weighted by atomic mass is 16.3. The first-order valence-electron chi connectivity index (χ1n) is 3.41. The summed E-state index contributed by atoms with van der Waals surface area (Å²) >= 11 is 0. The number of aryl methyl sites for hydroxylation is 1. The lowest BCUT2D eigenvalue weighted by Gasteiger charge is -1.86. The van der Waals surface area contributed by atoms with E-state index in [0.717, 1.165) is 16.7 Å². The van der Waals surface area contributed by atoms with E-state index in [2.05, 4.69) is 10.1 Å². The SMILES string of the molecule is Cn1cc2cc(CO)[nH]c2n1. The minimum absolute atomic E-state index is 0.0417. The lowest BCUT2D eigenvalue weighted by atomic mass is 10.4. The van der Waals surface area contributed by atoms with Gasteiger partial charge in [-0.3, -0.25) is 4.68 Å². The normalized spacial score (nSPS) is 11.1. The first-order chi connectivity index (χ1) is 5.29. The molecule has 4 nitrogen and oxygen atoms in total. The zero-order valence-corrected chi connectivity index (χ0v) is 6.20. The summed E-state index contributed by atoms with van der Waals surface area (Å²) in [4.78, 5) is 2.98. The van der Waals surface area contributed by atoms with Crippen molar-refractivity contribution in [3.8, 4) is 0 Å². The summed E-state index contributed by atoms with van der Waals surface area (Å²) < 4.78 is 1.74. The Hall–Kier alpha value is -1.29. The van der Waals surface area contributed by atoms with E-state index in [1.54, 1.807) is 4.68 Å². The van der Waals surface area contributed by atoms with Crippen LogP contribution in [0.25, 0.3) is 11.0 Å². The Balaban J connectivity index is 2.64. The Kier molecular flexibility index (Phi) is 1.22. The largest absolute Gasteiger partial charge is 0.390 e. The van der Waals surface area contributed by atoms with Crippen LogP contribution in [0.1, 0.15) is 5.69 Å². The van der Waals surface area contributed by atoms with Crippen molar-refractivity contribution in [3.05, 3.63) is 18.0 Å². The second kappa shape index (κ2) is 2.10. The molecule has 0 radical (unpaired) electrons. The van der Waals surface area contributed by atoms with Crippen molar-refractivity contribution in [1.82, 2.24) is 14.8 Å². The number of rotatable bonds is 1. The van der Waals surface area contributed by atoms with Gasteiger partial charge in [0.15, 0.2) is 5.65 Å². The van der Waals surface area contributed by atoms with Crippen molar-refractivity contribution in [2.45, 2.75) is 6.61 Å². The Morgan fingerprint density at radius 2 is 2.55 bits per heavy atom. The van der Waals surface area contributed by atoms with Crippen LogP contribution < -0.4 is 0 Å². The van der Waals surface area contributed by atoms with Crippen LogP contribution in [-0.4, -0.2) is 19.9 Å². The van der Waals surface area contributed by atoms with E-state index in [1.165, 1.54) is 0 Å². The molecule has 0 aliphatic carbocycles. The second-order valence-electron chi connectivity index (χ2n) is 2.56. The molecule has 4 heteroatoms. The summed E-state index contributed by atoms with van der Waals surface area (Å²) in [7, 11) is 1.87. The number of aromatic nitrogens is 3. The Morgan fingerprint density at radius 3 is 3.18 bits per heavy atom. The van der Waals surface area contributed by atoms with Crippen LogP contribution >= 0.6 is 0 Å². The number of nitrogens with zero attached hydrogens (tertiary/aromatic N) is 2. The Bertz CT molecular complexity index is 342. The summed E-state index contributed by atoms with van der Waals surface area (Å²) in [6.45, 7) is 0.0417. The van der Waals surface area contributed by atoms with E-state index in [4.69, 9.17) is 5.11 Å². The molecule has 0 saturated heterocycles. The van der Waals surface area contributed by atoms with E-state index in [0.29, 0.717) is 0 Å². The highest BCUT2D eigenvalue weighted by Crippen LogP contribution is 2.12. The zero-order chi connectivity index (χ0) is 7.84. The molecule has 0 saturated carbocycles. The van der Waals surface area contributed by atoms with Gasteiger partial charge < -0.3 is 10.1 Å². The van der Waals surface area contributed by atoms with Crippen molar-refractivity contribution in [3.63, 3.8) is 0 Å². The molecule has 0 aliphatic heterocycles. The summed E-state index contributed by atoms with van der Waals surface area (Å²) in [6.07, 6.45) is 1.91. The predicted octanol–water partition coefficient (Wildman–Crippen LogP) is 0.394. The van der Waals surface area contributed by atoms with Gasteiger partial charge in [-0.05, 0) is 6.07 Å². The molecule has 0 aliphatic rings. The van der Waals surface area contributed by atoms with Crippen molar-refractivity contribution >= 4 is 11.0 Å². The molecule has 58 valence electrons. The molecule has 11 heavy (non-hydrogen) atoms. The van der Waals surface area contributed by atoms with Crippen LogP contribution in [0.15, 0.2) is 12.3 Å². The molecule has 0 aromatic carbocycles. The van der Waals surface area contributed by atoms with Gasteiger partial charge >= 0.3 is 0 Å². The molecule has 2 heterocycles. The van der Waals surface area contributed by atoms with Crippen LogP contribution in [0.3, 0.4) is 0 Å². The smallest absolute Gasteiger partial charge is 0.159 e. The molecule has 0 amide bonds. The highest BCUT2D eigenvalue weighted by Gasteiger charge is 2.01. The summed E-state index contributed by atoms with van der Waals surface area (Å²) in [6, 6.07) is 1.89. The van der Waals surface area contributed by atoms with Gasteiger partial charge in [0.25, 0.3) is 0 Å². The number of aliphatic hydroxyl groups is 1. The topological polar surface area (TPSA) is 53.8 Å². The first kappa shape index (κ1) is 6.42. The Morgan fingerprint density at radius 1 is 1.73 bits per heavy atom. The molecule has 0 fully saturated rings. The molecule has 2 N–H and O–H groups in total. The fraction of sp³-hybridized carbons (Fsp3) is 0.286. The number of hydrogen-bond acceptors (Lipinski definition) is 2. The molecule has 0 spiro atoms. The van der Waals surface area contributed by atoms with Crippen LogP contribution in [0.2, 0.25) is 0 Å². The molecular formula is C7H9N3O. The summed E-state index contributed by atoms with van der Waals surface area (Å²) in [5, 5.41) is 13.9. The van der Waals surface area contributed by atoms with Gasteiger partial charge in [-0.2, -0.15) is 5.10 Å². The second-order valence-corrected chi connectivity index (χ2v) is 2.56. The van der Waals surface area contributed by atoms with Crippen LogP contribution in [0.5, 0.6) is 0 Å². The lowest BCUT2D eigenvalue weighted by molar-refractivity contribution is 0.278. The van der Waals surface area contributed by atoms with E-state index in [9.17, 15) is 0 Å². The van der Waals surface area contributed by atoms with Gasteiger partial charge in [-0.25, -0.2) is 0 Å².